The van der Waals surface area contributed by atoms with E-state index >= 15 is 0 Å². The molecule has 1 saturated heterocycles. The standard InChI is InChI=1S/C17H23NO3/c1-11-12(16(19)20)8-9-18(11)14-10-17(2,3)21-15-7-5-4-6-13(14)15/h4-7,11-12,14H,8-10H2,1-3H3,(H,19,20). The first-order valence-corrected chi connectivity index (χ1v) is 7.65. The van der Waals surface area contributed by atoms with Gasteiger partial charge in [-0.15, -0.1) is 0 Å². The highest BCUT2D eigenvalue weighted by atomic mass is 16.5. The molecule has 114 valence electrons. The van der Waals surface area contributed by atoms with Crippen LogP contribution in [-0.2, 0) is 4.79 Å². The summed E-state index contributed by atoms with van der Waals surface area (Å²) in [5.41, 5.74) is 0.967. The van der Waals surface area contributed by atoms with E-state index in [9.17, 15) is 9.90 Å². The molecule has 4 heteroatoms. The minimum absolute atomic E-state index is 0.0643. The fourth-order valence-corrected chi connectivity index (χ4v) is 3.79. The summed E-state index contributed by atoms with van der Waals surface area (Å²) in [5.74, 6) is -0.00236. The third kappa shape index (κ3) is 2.53. The number of ether oxygens (including phenoxy) is 1. The number of likely N-dealkylation sites (tertiary alicyclic amines) is 1. The van der Waals surface area contributed by atoms with Gasteiger partial charge in [0.15, 0.2) is 0 Å². The number of nitrogens with zero attached hydrogens (tertiary/aromatic N) is 1. The van der Waals surface area contributed by atoms with Crippen LogP contribution < -0.4 is 4.74 Å². The summed E-state index contributed by atoms with van der Waals surface area (Å²) in [5, 5.41) is 9.35. The van der Waals surface area contributed by atoms with Gasteiger partial charge in [0.25, 0.3) is 0 Å². The molecule has 3 atom stereocenters. The Morgan fingerprint density at radius 3 is 2.76 bits per heavy atom. The fraction of sp³-hybridized carbons (Fsp3) is 0.588. The Morgan fingerprint density at radius 1 is 1.38 bits per heavy atom. The van der Waals surface area contributed by atoms with Crippen molar-refractivity contribution >= 4 is 5.97 Å². The van der Waals surface area contributed by atoms with Gasteiger partial charge in [0.1, 0.15) is 11.4 Å². The lowest BCUT2D eigenvalue weighted by atomic mass is 9.88. The monoisotopic (exact) mass is 289 g/mol. The molecular formula is C17H23NO3. The van der Waals surface area contributed by atoms with Gasteiger partial charge in [-0.1, -0.05) is 18.2 Å². The van der Waals surface area contributed by atoms with E-state index in [-0.39, 0.29) is 23.6 Å². The number of aliphatic carboxylic acids is 1. The summed E-state index contributed by atoms with van der Waals surface area (Å²) in [7, 11) is 0. The predicted molar refractivity (Wildman–Crippen MR) is 80.4 cm³/mol. The molecule has 2 aliphatic rings. The summed E-state index contributed by atoms with van der Waals surface area (Å²) >= 11 is 0. The zero-order valence-electron chi connectivity index (χ0n) is 12.9. The molecule has 0 aliphatic carbocycles. The summed E-state index contributed by atoms with van der Waals surface area (Å²) in [6, 6.07) is 8.45. The molecule has 1 N–H and O–H groups in total. The smallest absolute Gasteiger partial charge is 0.308 e. The number of carboxylic acid groups (broad SMARTS) is 1. The maximum absolute atomic E-state index is 11.4. The highest BCUT2D eigenvalue weighted by molar-refractivity contribution is 5.71. The Kier molecular flexibility index (Phi) is 3.44. The van der Waals surface area contributed by atoms with Crippen LogP contribution in [-0.4, -0.2) is 34.2 Å². The van der Waals surface area contributed by atoms with Crippen LogP contribution in [0.3, 0.4) is 0 Å². The molecule has 0 bridgehead atoms. The van der Waals surface area contributed by atoms with E-state index < -0.39 is 5.97 Å². The van der Waals surface area contributed by atoms with E-state index in [4.69, 9.17) is 4.74 Å². The Balaban J connectivity index is 1.93. The zero-order valence-corrected chi connectivity index (χ0v) is 12.9. The van der Waals surface area contributed by atoms with E-state index in [1.807, 2.05) is 25.1 Å². The van der Waals surface area contributed by atoms with Crippen LogP contribution in [0.15, 0.2) is 24.3 Å². The minimum Gasteiger partial charge on any atom is -0.487 e. The first-order valence-electron chi connectivity index (χ1n) is 7.65. The number of hydrogen-bond donors (Lipinski definition) is 1. The van der Waals surface area contributed by atoms with E-state index in [1.54, 1.807) is 0 Å². The van der Waals surface area contributed by atoms with Crippen molar-refractivity contribution in [3.8, 4) is 5.75 Å². The Labute approximate surface area is 125 Å². The van der Waals surface area contributed by atoms with Crippen LogP contribution >= 0.6 is 0 Å². The second-order valence-corrected chi connectivity index (χ2v) is 6.83. The van der Waals surface area contributed by atoms with Crippen molar-refractivity contribution in [3.05, 3.63) is 29.8 Å². The molecule has 3 rings (SSSR count). The summed E-state index contributed by atoms with van der Waals surface area (Å²) in [4.78, 5) is 13.7. The van der Waals surface area contributed by atoms with Gasteiger partial charge < -0.3 is 9.84 Å². The van der Waals surface area contributed by atoms with Crippen molar-refractivity contribution in [1.82, 2.24) is 4.90 Å². The maximum Gasteiger partial charge on any atom is 0.308 e. The van der Waals surface area contributed by atoms with Crippen LogP contribution in [0.2, 0.25) is 0 Å². The van der Waals surface area contributed by atoms with Crippen LogP contribution in [0, 0.1) is 5.92 Å². The van der Waals surface area contributed by atoms with Gasteiger partial charge in [0.2, 0.25) is 0 Å². The van der Waals surface area contributed by atoms with Crippen LogP contribution in [0.4, 0.5) is 0 Å². The van der Waals surface area contributed by atoms with Gasteiger partial charge in [-0.05, 0) is 39.8 Å². The SMILES string of the molecule is CC1C(C(=O)O)CCN1C1CC(C)(C)Oc2ccccc21. The zero-order chi connectivity index (χ0) is 15.2. The lowest BCUT2D eigenvalue weighted by Crippen LogP contribution is -2.43. The molecule has 1 fully saturated rings. The van der Waals surface area contributed by atoms with Crippen LogP contribution in [0.5, 0.6) is 5.75 Å². The summed E-state index contributed by atoms with van der Waals surface area (Å²) in [6.45, 7) is 7.08. The minimum atomic E-state index is -0.676. The Morgan fingerprint density at radius 2 is 2.10 bits per heavy atom. The van der Waals surface area contributed by atoms with Crippen molar-refractivity contribution in [2.24, 2.45) is 5.92 Å². The molecule has 1 aromatic carbocycles. The summed E-state index contributed by atoms with van der Waals surface area (Å²) < 4.78 is 6.08. The van der Waals surface area contributed by atoms with E-state index in [1.165, 1.54) is 5.56 Å². The third-order valence-corrected chi connectivity index (χ3v) is 4.87. The molecule has 21 heavy (non-hydrogen) atoms. The average molecular weight is 289 g/mol. The lowest BCUT2D eigenvalue weighted by molar-refractivity contribution is -0.142. The molecule has 0 radical (unpaired) electrons. The van der Waals surface area contributed by atoms with E-state index in [2.05, 4.69) is 24.8 Å². The van der Waals surface area contributed by atoms with E-state index in [0.29, 0.717) is 0 Å². The number of benzene rings is 1. The normalized spacial score (nSPS) is 31.5. The molecule has 0 aromatic heterocycles. The second-order valence-electron chi connectivity index (χ2n) is 6.83. The van der Waals surface area contributed by atoms with Gasteiger partial charge in [0.05, 0.1) is 5.92 Å². The highest BCUT2D eigenvalue weighted by Crippen LogP contribution is 2.45. The molecule has 1 aromatic rings. The average Bonchev–Trinajstić information content (AvgIpc) is 2.78. The first-order chi connectivity index (χ1) is 9.89. The second kappa shape index (κ2) is 5.02. The molecule has 0 saturated carbocycles. The fourth-order valence-electron chi connectivity index (χ4n) is 3.79. The Bertz CT molecular complexity index is 555. The van der Waals surface area contributed by atoms with Crippen molar-refractivity contribution in [1.29, 1.82) is 0 Å². The van der Waals surface area contributed by atoms with Gasteiger partial charge in [-0.2, -0.15) is 0 Å². The van der Waals surface area contributed by atoms with Crippen molar-refractivity contribution in [3.63, 3.8) is 0 Å². The topological polar surface area (TPSA) is 49.8 Å². The van der Waals surface area contributed by atoms with Crippen molar-refractivity contribution in [2.45, 2.75) is 51.3 Å². The van der Waals surface area contributed by atoms with E-state index in [0.717, 1.165) is 25.1 Å². The largest absolute Gasteiger partial charge is 0.487 e. The molecule has 3 unspecified atom stereocenters. The van der Waals surface area contributed by atoms with Crippen LogP contribution in [0.25, 0.3) is 0 Å². The van der Waals surface area contributed by atoms with Crippen molar-refractivity contribution < 1.29 is 14.6 Å². The quantitative estimate of drug-likeness (QED) is 0.909. The molecule has 2 heterocycles. The molecular weight excluding hydrogens is 266 g/mol. The number of carboxylic acids is 1. The third-order valence-electron chi connectivity index (χ3n) is 4.87. The van der Waals surface area contributed by atoms with Gasteiger partial charge in [-0.25, -0.2) is 0 Å². The maximum atomic E-state index is 11.4. The molecule has 0 amide bonds. The highest BCUT2D eigenvalue weighted by Gasteiger charge is 2.44. The van der Waals surface area contributed by atoms with Gasteiger partial charge >= 0.3 is 5.97 Å². The van der Waals surface area contributed by atoms with Gasteiger partial charge in [-0.3, -0.25) is 9.69 Å². The van der Waals surface area contributed by atoms with Crippen LogP contribution in [0.1, 0.15) is 45.2 Å². The summed E-state index contributed by atoms with van der Waals surface area (Å²) in [6.07, 6.45) is 1.62. The molecule has 4 nitrogen and oxygen atoms in total. The predicted octanol–water partition coefficient (Wildman–Crippen LogP) is 3.08. The number of hydrogen-bond acceptors (Lipinski definition) is 3. The number of fused-ring (bicyclic) bond motifs is 1. The lowest BCUT2D eigenvalue weighted by Gasteiger charge is -2.43. The van der Waals surface area contributed by atoms with Crippen molar-refractivity contribution in [2.75, 3.05) is 6.54 Å². The Hall–Kier alpha value is -1.55. The number of carbonyl (C=O) groups is 1. The molecule has 2 aliphatic heterocycles. The number of para-hydroxylation sites is 1. The van der Waals surface area contributed by atoms with Gasteiger partial charge in [0, 0.05) is 24.1 Å². The first kappa shape index (κ1) is 14.4. The molecule has 0 spiro atoms. The number of rotatable bonds is 2.